The van der Waals surface area contributed by atoms with Crippen molar-refractivity contribution in [3.05, 3.63) is 12.7 Å². The molecule has 16 heavy (non-hydrogen) atoms. The van der Waals surface area contributed by atoms with Crippen molar-refractivity contribution in [1.82, 2.24) is 0 Å². The molecule has 1 aliphatic rings. The fraction of sp³-hybridized carbons (Fsp3) is 0.714. The third-order valence-corrected chi connectivity index (χ3v) is 2.56. The zero-order valence-corrected chi connectivity index (χ0v) is 10.0. The van der Waals surface area contributed by atoms with Gasteiger partial charge in [0.25, 0.3) is 0 Å². The van der Waals surface area contributed by atoms with Crippen molar-refractivity contribution in [3.8, 4) is 11.8 Å². The molecule has 0 bridgehead atoms. The second kappa shape index (κ2) is 9.45. The van der Waals surface area contributed by atoms with Crippen LogP contribution in [0.25, 0.3) is 0 Å². The van der Waals surface area contributed by atoms with Gasteiger partial charge < -0.3 is 9.47 Å². The molecule has 0 aliphatic carbocycles. The number of allylic oxidation sites excluding steroid dienone is 1. The lowest BCUT2D eigenvalue weighted by molar-refractivity contribution is -0.154. The van der Waals surface area contributed by atoms with E-state index < -0.39 is 0 Å². The minimum Gasteiger partial charge on any atom is -0.353 e. The Balaban J connectivity index is 1.93. The van der Waals surface area contributed by atoms with Gasteiger partial charge in [-0.25, -0.2) is 0 Å². The van der Waals surface area contributed by atoms with E-state index >= 15 is 0 Å². The Morgan fingerprint density at radius 1 is 1.31 bits per heavy atom. The average molecular weight is 222 g/mol. The number of rotatable bonds is 6. The summed E-state index contributed by atoms with van der Waals surface area (Å²) in [6.07, 6.45) is 9.72. The molecule has 0 N–H and O–H groups in total. The highest BCUT2D eigenvalue weighted by atomic mass is 16.7. The summed E-state index contributed by atoms with van der Waals surface area (Å²) in [4.78, 5) is 0. The predicted molar refractivity (Wildman–Crippen MR) is 66.0 cm³/mol. The van der Waals surface area contributed by atoms with E-state index in [4.69, 9.17) is 9.47 Å². The highest BCUT2D eigenvalue weighted by Gasteiger charge is 2.12. The fourth-order valence-corrected chi connectivity index (χ4v) is 1.62. The van der Waals surface area contributed by atoms with Crippen LogP contribution < -0.4 is 0 Å². The molecule has 0 aromatic rings. The molecule has 1 heterocycles. The van der Waals surface area contributed by atoms with Gasteiger partial charge in [0.05, 0.1) is 0 Å². The molecule has 1 atom stereocenters. The van der Waals surface area contributed by atoms with Gasteiger partial charge in [-0.15, -0.1) is 12.5 Å². The van der Waals surface area contributed by atoms with Crippen LogP contribution >= 0.6 is 0 Å². The number of hydrogen-bond acceptors (Lipinski definition) is 2. The largest absolute Gasteiger partial charge is 0.353 e. The quantitative estimate of drug-likeness (QED) is 0.390. The Morgan fingerprint density at radius 3 is 3.00 bits per heavy atom. The van der Waals surface area contributed by atoms with E-state index in [2.05, 4.69) is 18.4 Å². The molecule has 1 rings (SSSR count). The Morgan fingerprint density at radius 2 is 2.25 bits per heavy atom. The first-order valence-corrected chi connectivity index (χ1v) is 6.23. The molecular weight excluding hydrogens is 200 g/mol. The van der Waals surface area contributed by atoms with Gasteiger partial charge in [0.15, 0.2) is 6.29 Å². The maximum atomic E-state index is 5.50. The van der Waals surface area contributed by atoms with Gasteiger partial charge in [-0.2, -0.15) is 0 Å². The van der Waals surface area contributed by atoms with Crippen molar-refractivity contribution < 1.29 is 9.47 Å². The van der Waals surface area contributed by atoms with Gasteiger partial charge in [-0.3, -0.25) is 0 Å². The standard InChI is InChI=1S/C14H22O2/c1-2-3-4-5-6-7-9-12-15-14-11-8-10-13-16-14/h2,14H,1,3-6,8,10-13H2. The van der Waals surface area contributed by atoms with Gasteiger partial charge in [-0.05, 0) is 38.5 Å². The first kappa shape index (κ1) is 13.3. The van der Waals surface area contributed by atoms with Crippen molar-refractivity contribution in [2.45, 2.75) is 51.2 Å². The van der Waals surface area contributed by atoms with E-state index in [-0.39, 0.29) is 6.29 Å². The zero-order valence-electron chi connectivity index (χ0n) is 10.0. The lowest BCUT2D eigenvalue weighted by Gasteiger charge is -2.21. The lowest BCUT2D eigenvalue weighted by atomic mass is 10.2. The van der Waals surface area contributed by atoms with E-state index in [0.717, 1.165) is 38.7 Å². The van der Waals surface area contributed by atoms with Gasteiger partial charge in [0, 0.05) is 13.0 Å². The van der Waals surface area contributed by atoms with Crippen LogP contribution in [0.3, 0.4) is 0 Å². The molecule has 0 aromatic heterocycles. The van der Waals surface area contributed by atoms with Crippen LogP contribution in [0.4, 0.5) is 0 Å². The first-order chi connectivity index (χ1) is 7.93. The Labute approximate surface area is 99.0 Å². The Bertz CT molecular complexity index is 231. The second-order valence-corrected chi connectivity index (χ2v) is 4.00. The molecule has 1 saturated heterocycles. The van der Waals surface area contributed by atoms with Crippen LogP contribution in [-0.4, -0.2) is 19.5 Å². The van der Waals surface area contributed by atoms with Gasteiger partial charge in [0.1, 0.15) is 6.61 Å². The van der Waals surface area contributed by atoms with Crippen molar-refractivity contribution in [1.29, 1.82) is 0 Å². The molecule has 2 nitrogen and oxygen atoms in total. The van der Waals surface area contributed by atoms with E-state index in [1.165, 1.54) is 12.8 Å². The molecule has 1 unspecified atom stereocenters. The Hall–Kier alpha value is -0.780. The molecule has 90 valence electrons. The molecule has 0 radical (unpaired) electrons. The van der Waals surface area contributed by atoms with Crippen molar-refractivity contribution in [2.75, 3.05) is 13.2 Å². The molecule has 0 spiro atoms. The van der Waals surface area contributed by atoms with E-state index in [0.29, 0.717) is 6.61 Å². The minimum absolute atomic E-state index is 0.0104. The third kappa shape index (κ3) is 6.66. The molecule has 1 fully saturated rings. The van der Waals surface area contributed by atoms with Crippen LogP contribution in [0.15, 0.2) is 12.7 Å². The van der Waals surface area contributed by atoms with Crippen LogP contribution in [0, 0.1) is 11.8 Å². The Kier molecular flexibility index (Phi) is 7.84. The van der Waals surface area contributed by atoms with Crippen molar-refractivity contribution in [3.63, 3.8) is 0 Å². The maximum Gasteiger partial charge on any atom is 0.158 e. The predicted octanol–water partition coefficient (Wildman–Crippen LogP) is 3.28. The number of hydrogen-bond donors (Lipinski definition) is 0. The monoisotopic (exact) mass is 222 g/mol. The first-order valence-electron chi connectivity index (χ1n) is 6.23. The van der Waals surface area contributed by atoms with E-state index in [1.807, 2.05) is 6.08 Å². The average Bonchev–Trinajstić information content (AvgIpc) is 2.34. The number of unbranched alkanes of at least 4 members (excludes halogenated alkanes) is 3. The van der Waals surface area contributed by atoms with E-state index in [1.54, 1.807) is 0 Å². The van der Waals surface area contributed by atoms with Crippen LogP contribution in [0.2, 0.25) is 0 Å². The second-order valence-electron chi connectivity index (χ2n) is 4.00. The maximum absolute atomic E-state index is 5.50. The number of ether oxygens (including phenoxy) is 2. The smallest absolute Gasteiger partial charge is 0.158 e. The molecule has 0 saturated carbocycles. The third-order valence-electron chi connectivity index (χ3n) is 2.56. The molecular formula is C14H22O2. The summed E-state index contributed by atoms with van der Waals surface area (Å²) in [5.41, 5.74) is 0. The molecule has 0 amide bonds. The summed E-state index contributed by atoms with van der Waals surface area (Å²) in [6.45, 7) is 5.03. The van der Waals surface area contributed by atoms with Gasteiger partial charge in [-0.1, -0.05) is 12.0 Å². The molecule has 1 aliphatic heterocycles. The van der Waals surface area contributed by atoms with Crippen LogP contribution in [0.1, 0.15) is 44.9 Å². The van der Waals surface area contributed by atoms with Crippen molar-refractivity contribution in [2.24, 2.45) is 0 Å². The zero-order chi connectivity index (χ0) is 11.5. The summed E-state index contributed by atoms with van der Waals surface area (Å²) < 4.78 is 10.9. The van der Waals surface area contributed by atoms with E-state index in [9.17, 15) is 0 Å². The van der Waals surface area contributed by atoms with Crippen molar-refractivity contribution >= 4 is 0 Å². The topological polar surface area (TPSA) is 18.5 Å². The van der Waals surface area contributed by atoms with Crippen LogP contribution in [0.5, 0.6) is 0 Å². The fourth-order valence-electron chi connectivity index (χ4n) is 1.62. The lowest BCUT2D eigenvalue weighted by Crippen LogP contribution is -2.22. The normalized spacial score (nSPS) is 19.9. The minimum atomic E-state index is -0.0104. The summed E-state index contributed by atoms with van der Waals surface area (Å²) in [7, 11) is 0. The van der Waals surface area contributed by atoms with Gasteiger partial charge in [0.2, 0.25) is 0 Å². The summed E-state index contributed by atoms with van der Waals surface area (Å²) >= 11 is 0. The SMILES string of the molecule is C=CCCCCC#CCOC1CCCCO1. The summed E-state index contributed by atoms with van der Waals surface area (Å²) in [6, 6.07) is 0. The van der Waals surface area contributed by atoms with Crippen LogP contribution in [-0.2, 0) is 9.47 Å². The highest BCUT2D eigenvalue weighted by molar-refractivity contribution is 4.99. The summed E-state index contributed by atoms with van der Waals surface area (Å²) in [5.74, 6) is 6.15. The van der Waals surface area contributed by atoms with Gasteiger partial charge >= 0.3 is 0 Å². The highest BCUT2D eigenvalue weighted by Crippen LogP contribution is 2.13. The molecule has 2 heteroatoms. The molecule has 0 aromatic carbocycles. The summed E-state index contributed by atoms with van der Waals surface area (Å²) in [5, 5.41) is 0.